The van der Waals surface area contributed by atoms with Crippen molar-refractivity contribution in [2.24, 2.45) is 0 Å². The average Bonchev–Trinajstić information content (AvgIpc) is 3.04. The standard InChI is InChI=1S/C15H19N3O3S2/c1-22-13-8-4-3-7-12(13)14-16-15(21-17-14)11-6-5-9-18(10-11)23(2,19)20/h3-4,7-8,11H,5-6,9-10H2,1-2H3/t11-/m0/s1. The molecule has 0 saturated carbocycles. The Morgan fingerprint density at radius 3 is 2.87 bits per heavy atom. The van der Waals surface area contributed by atoms with E-state index in [-0.39, 0.29) is 5.92 Å². The fraction of sp³-hybridized carbons (Fsp3) is 0.467. The number of hydrogen-bond acceptors (Lipinski definition) is 6. The maximum Gasteiger partial charge on any atom is 0.231 e. The quantitative estimate of drug-likeness (QED) is 0.787. The molecule has 23 heavy (non-hydrogen) atoms. The number of nitrogens with zero attached hydrogens (tertiary/aromatic N) is 3. The van der Waals surface area contributed by atoms with Crippen LogP contribution in [0, 0.1) is 0 Å². The van der Waals surface area contributed by atoms with E-state index in [1.807, 2.05) is 30.5 Å². The van der Waals surface area contributed by atoms with Crippen molar-refractivity contribution in [1.82, 2.24) is 14.4 Å². The van der Waals surface area contributed by atoms with E-state index >= 15 is 0 Å². The molecular formula is C15H19N3O3S2. The van der Waals surface area contributed by atoms with Crippen LogP contribution >= 0.6 is 11.8 Å². The van der Waals surface area contributed by atoms with Crippen molar-refractivity contribution >= 4 is 21.8 Å². The smallest absolute Gasteiger partial charge is 0.231 e. The molecule has 3 rings (SSSR count). The highest BCUT2D eigenvalue weighted by molar-refractivity contribution is 7.98. The number of aromatic nitrogens is 2. The third kappa shape index (κ3) is 3.59. The Bertz CT molecular complexity index is 789. The molecule has 1 atom stereocenters. The van der Waals surface area contributed by atoms with Gasteiger partial charge in [-0.2, -0.15) is 4.98 Å². The van der Waals surface area contributed by atoms with Gasteiger partial charge in [-0.15, -0.1) is 11.8 Å². The topological polar surface area (TPSA) is 76.3 Å². The lowest BCUT2D eigenvalue weighted by Crippen LogP contribution is -2.38. The van der Waals surface area contributed by atoms with Crippen molar-refractivity contribution in [2.75, 3.05) is 25.6 Å². The minimum absolute atomic E-state index is 0.0406. The van der Waals surface area contributed by atoms with Gasteiger partial charge in [0.05, 0.1) is 12.2 Å². The first-order valence-corrected chi connectivity index (χ1v) is 10.5. The third-order valence-electron chi connectivity index (χ3n) is 3.99. The molecule has 1 aromatic carbocycles. The predicted octanol–water partition coefficient (Wildman–Crippen LogP) is 2.60. The summed E-state index contributed by atoms with van der Waals surface area (Å²) in [4.78, 5) is 5.60. The van der Waals surface area contributed by atoms with Crippen molar-refractivity contribution in [3.8, 4) is 11.4 Å². The molecule has 0 aliphatic carbocycles. The first-order valence-electron chi connectivity index (χ1n) is 7.41. The monoisotopic (exact) mass is 353 g/mol. The molecule has 0 spiro atoms. The zero-order chi connectivity index (χ0) is 16.4. The minimum Gasteiger partial charge on any atom is -0.339 e. The second-order valence-electron chi connectivity index (χ2n) is 5.62. The first-order chi connectivity index (χ1) is 11.0. The van der Waals surface area contributed by atoms with Crippen LogP contribution in [0.3, 0.4) is 0 Å². The molecule has 0 unspecified atom stereocenters. The van der Waals surface area contributed by atoms with Gasteiger partial charge in [-0.3, -0.25) is 0 Å². The SMILES string of the molecule is CSc1ccccc1-c1noc([C@H]2CCCN(S(C)(=O)=O)C2)n1. The molecule has 1 fully saturated rings. The van der Waals surface area contributed by atoms with E-state index < -0.39 is 10.0 Å². The van der Waals surface area contributed by atoms with Gasteiger partial charge in [0.1, 0.15) is 0 Å². The minimum atomic E-state index is -3.18. The van der Waals surface area contributed by atoms with Gasteiger partial charge in [-0.1, -0.05) is 17.3 Å². The van der Waals surface area contributed by atoms with Crippen molar-refractivity contribution in [1.29, 1.82) is 0 Å². The maximum absolute atomic E-state index is 11.7. The fourth-order valence-corrected chi connectivity index (χ4v) is 4.29. The van der Waals surface area contributed by atoms with Crippen LogP contribution in [-0.4, -0.2) is 48.5 Å². The largest absolute Gasteiger partial charge is 0.339 e. The Morgan fingerprint density at radius 1 is 1.35 bits per heavy atom. The van der Waals surface area contributed by atoms with Gasteiger partial charge >= 0.3 is 0 Å². The molecule has 0 radical (unpaired) electrons. The normalized spacial score (nSPS) is 19.8. The predicted molar refractivity (Wildman–Crippen MR) is 89.9 cm³/mol. The summed E-state index contributed by atoms with van der Waals surface area (Å²) in [5.74, 6) is 1.03. The Morgan fingerprint density at radius 2 is 2.13 bits per heavy atom. The Kier molecular flexibility index (Phi) is 4.74. The Balaban J connectivity index is 1.84. The fourth-order valence-electron chi connectivity index (χ4n) is 2.79. The highest BCUT2D eigenvalue weighted by Crippen LogP contribution is 2.31. The van der Waals surface area contributed by atoms with Gasteiger partial charge < -0.3 is 4.52 Å². The summed E-state index contributed by atoms with van der Waals surface area (Å²) in [7, 11) is -3.18. The molecule has 8 heteroatoms. The van der Waals surface area contributed by atoms with Crippen LogP contribution in [0.25, 0.3) is 11.4 Å². The molecule has 2 aromatic rings. The van der Waals surface area contributed by atoms with E-state index in [1.165, 1.54) is 10.6 Å². The zero-order valence-electron chi connectivity index (χ0n) is 13.1. The van der Waals surface area contributed by atoms with E-state index in [0.29, 0.717) is 24.8 Å². The average molecular weight is 353 g/mol. The number of thioether (sulfide) groups is 1. The van der Waals surface area contributed by atoms with Gasteiger partial charge in [0.25, 0.3) is 0 Å². The van der Waals surface area contributed by atoms with Gasteiger partial charge in [-0.05, 0) is 31.2 Å². The van der Waals surface area contributed by atoms with Crippen molar-refractivity contribution < 1.29 is 12.9 Å². The van der Waals surface area contributed by atoms with E-state index in [2.05, 4.69) is 10.1 Å². The highest BCUT2D eigenvalue weighted by Gasteiger charge is 2.30. The summed E-state index contributed by atoms with van der Waals surface area (Å²) < 4.78 is 30.4. The first kappa shape index (κ1) is 16.5. The van der Waals surface area contributed by atoms with Crippen LogP contribution in [0.5, 0.6) is 0 Å². The van der Waals surface area contributed by atoms with Crippen LogP contribution in [0.2, 0.25) is 0 Å². The van der Waals surface area contributed by atoms with Crippen molar-refractivity contribution in [3.05, 3.63) is 30.2 Å². The number of rotatable bonds is 4. The van der Waals surface area contributed by atoms with Crippen LogP contribution in [0.4, 0.5) is 0 Å². The summed E-state index contributed by atoms with van der Waals surface area (Å²) in [6, 6.07) is 7.89. The lowest BCUT2D eigenvalue weighted by Gasteiger charge is -2.28. The zero-order valence-corrected chi connectivity index (χ0v) is 14.7. The molecule has 1 aliphatic heterocycles. The van der Waals surface area contributed by atoms with E-state index in [9.17, 15) is 8.42 Å². The van der Waals surface area contributed by atoms with Gasteiger partial charge in [0, 0.05) is 23.5 Å². The summed E-state index contributed by atoms with van der Waals surface area (Å²) in [6.07, 6.45) is 4.91. The lowest BCUT2D eigenvalue weighted by molar-refractivity contribution is 0.266. The van der Waals surface area contributed by atoms with Crippen LogP contribution in [0.1, 0.15) is 24.7 Å². The van der Waals surface area contributed by atoms with Crippen molar-refractivity contribution in [3.63, 3.8) is 0 Å². The Labute approximate surface area is 140 Å². The molecule has 0 N–H and O–H groups in total. The summed E-state index contributed by atoms with van der Waals surface area (Å²) in [5.41, 5.74) is 0.936. The van der Waals surface area contributed by atoms with Gasteiger partial charge in [-0.25, -0.2) is 12.7 Å². The van der Waals surface area contributed by atoms with Gasteiger partial charge in [0.15, 0.2) is 0 Å². The summed E-state index contributed by atoms with van der Waals surface area (Å²) in [5, 5.41) is 4.09. The number of piperidine rings is 1. The summed E-state index contributed by atoms with van der Waals surface area (Å²) in [6.45, 7) is 0.969. The van der Waals surface area contributed by atoms with E-state index in [0.717, 1.165) is 23.3 Å². The van der Waals surface area contributed by atoms with Crippen LogP contribution in [0.15, 0.2) is 33.7 Å². The molecule has 6 nitrogen and oxygen atoms in total. The Hall–Kier alpha value is -1.38. The van der Waals surface area contributed by atoms with Crippen molar-refractivity contribution in [2.45, 2.75) is 23.7 Å². The molecular weight excluding hydrogens is 334 g/mol. The van der Waals surface area contributed by atoms with E-state index in [4.69, 9.17) is 4.52 Å². The molecule has 1 saturated heterocycles. The van der Waals surface area contributed by atoms with Gasteiger partial charge in [0.2, 0.25) is 21.7 Å². The highest BCUT2D eigenvalue weighted by atomic mass is 32.2. The molecule has 0 amide bonds. The maximum atomic E-state index is 11.7. The summed E-state index contributed by atoms with van der Waals surface area (Å²) >= 11 is 1.63. The third-order valence-corrected chi connectivity index (χ3v) is 6.06. The molecule has 2 heterocycles. The molecule has 1 aromatic heterocycles. The lowest BCUT2D eigenvalue weighted by atomic mass is 10.00. The van der Waals surface area contributed by atoms with Crippen LogP contribution in [-0.2, 0) is 10.0 Å². The van der Waals surface area contributed by atoms with Crippen LogP contribution < -0.4 is 0 Å². The number of benzene rings is 1. The molecule has 0 bridgehead atoms. The molecule has 124 valence electrons. The second-order valence-corrected chi connectivity index (χ2v) is 8.45. The number of hydrogen-bond donors (Lipinski definition) is 0. The molecule has 1 aliphatic rings. The van der Waals surface area contributed by atoms with E-state index in [1.54, 1.807) is 11.8 Å². The second kappa shape index (κ2) is 6.62. The number of sulfonamides is 1.